The fraction of sp³-hybridized carbons (Fsp3) is 0.298. The maximum absolute atomic E-state index is 7.58. The van der Waals surface area contributed by atoms with E-state index in [-0.39, 0.29) is 28.4 Å². The lowest BCUT2D eigenvalue weighted by Gasteiger charge is -2.44. The van der Waals surface area contributed by atoms with E-state index >= 15 is 0 Å². The number of rotatable bonds is 2. The maximum atomic E-state index is 7.58. The highest BCUT2D eigenvalue weighted by atomic mass is 16.5. The third-order valence-corrected chi connectivity index (χ3v) is 14.3. The summed E-state index contributed by atoms with van der Waals surface area (Å²) in [5, 5.41) is 0. The zero-order valence-corrected chi connectivity index (χ0v) is 38.8. The van der Waals surface area contributed by atoms with Gasteiger partial charge in [-0.1, -0.05) is 112 Å². The average molecular weight is 828 g/mol. The van der Waals surface area contributed by atoms with Gasteiger partial charge in [-0.3, -0.25) is 0 Å². The molecule has 0 N–H and O–H groups in total. The predicted molar refractivity (Wildman–Crippen MR) is 265 cm³/mol. The summed E-state index contributed by atoms with van der Waals surface area (Å²) in [5.41, 5.74) is 18.7. The van der Waals surface area contributed by atoms with Gasteiger partial charge in [-0.15, -0.1) is 0 Å². The van der Waals surface area contributed by atoms with E-state index in [9.17, 15) is 0 Å². The first kappa shape index (κ1) is 39.7. The number of hydrogen-bond acceptors (Lipinski definition) is 5. The zero-order chi connectivity index (χ0) is 44.0. The van der Waals surface area contributed by atoms with E-state index in [1.54, 1.807) is 0 Å². The Kier molecular flexibility index (Phi) is 8.47. The van der Waals surface area contributed by atoms with Gasteiger partial charge in [-0.25, -0.2) is 0 Å². The van der Waals surface area contributed by atoms with E-state index in [1.807, 2.05) is 6.07 Å². The number of aryl methyl sites for hydroxylation is 1. The fourth-order valence-electron chi connectivity index (χ4n) is 10.8. The lowest BCUT2D eigenvalue weighted by Crippen LogP contribution is -2.61. The third kappa shape index (κ3) is 6.19. The minimum atomic E-state index is -0.136. The van der Waals surface area contributed by atoms with E-state index in [0.717, 1.165) is 75.6 Å². The standard InChI is InChI=1S/C57H58BN3O2/c1-35-30-47-50-48(31-35)61(39-24-20-37(21-25-39)55(5,6)7)51-49-52(57(10,11)29-28-56(49,8)9)63-53(51)58(50)45-27-26-42-34-46(45)60(47)41-15-13-17-44(33-41)62-43-16-12-14-40(32-43)59(42)38-22-18-36(19-23-38)54(2,3)4/h12-27,30-34H,28-29H2,1-11H3. The van der Waals surface area contributed by atoms with Crippen LogP contribution in [0.25, 0.3) is 0 Å². The summed E-state index contributed by atoms with van der Waals surface area (Å²) in [4.78, 5) is 7.41. The van der Waals surface area contributed by atoms with Crippen LogP contribution in [0.4, 0.5) is 51.2 Å². The second kappa shape index (κ2) is 13.4. The molecule has 5 nitrogen and oxygen atoms in total. The molecule has 1 aromatic heterocycles. The van der Waals surface area contributed by atoms with Crippen molar-refractivity contribution in [2.24, 2.45) is 0 Å². The number of nitrogens with zero attached hydrogens (tertiary/aromatic N) is 3. The number of hydrogen-bond donors (Lipinski definition) is 0. The minimum Gasteiger partial charge on any atom is -0.472 e. The van der Waals surface area contributed by atoms with Crippen molar-refractivity contribution in [3.8, 4) is 11.5 Å². The Morgan fingerprint density at radius 2 is 1.03 bits per heavy atom. The second-order valence-electron chi connectivity index (χ2n) is 21.9. The predicted octanol–water partition coefficient (Wildman–Crippen LogP) is 14.2. The van der Waals surface area contributed by atoms with Crippen LogP contribution in [0.2, 0.25) is 0 Å². The van der Waals surface area contributed by atoms with Crippen molar-refractivity contribution in [3.05, 3.63) is 155 Å². The van der Waals surface area contributed by atoms with Gasteiger partial charge in [0.05, 0.1) is 11.3 Å². The summed E-state index contributed by atoms with van der Waals surface area (Å²) in [6, 6.07) is 47.4. The van der Waals surface area contributed by atoms with Crippen molar-refractivity contribution in [2.75, 3.05) is 14.7 Å². The molecule has 0 atom stereocenters. The normalized spacial score (nSPS) is 16.6. The molecule has 63 heavy (non-hydrogen) atoms. The molecule has 0 unspecified atom stereocenters. The SMILES string of the molecule is Cc1cc2c3c(c1)N(c1ccc(C(C)(C)C)cc1)c1c(oc4c1C(C)(C)CCC4(C)C)B3c1ccc3cc1N2c1cccc(c1)Oc1cccc(c1)N3c1ccc(C(C)(C)C)cc1. The summed E-state index contributed by atoms with van der Waals surface area (Å²) in [6.07, 6.45) is 2.16. The Morgan fingerprint density at radius 1 is 0.524 bits per heavy atom. The molecular weight excluding hydrogens is 769 g/mol. The molecule has 4 heterocycles. The van der Waals surface area contributed by atoms with Gasteiger partial charge < -0.3 is 23.9 Å². The van der Waals surface area contributed by atoms with Crippen molar-refractivity contribution in [1.82, 2.24) is 0 Å². The summed E-state index contributed by atoms with van der Waals surface area (Å²) < 4.78 is 14.3. The lowest BCUT2D eigenvalue weighted by atomic mass is 9.35. The molecule has 4 aliphatic rings. The topological polar surface area (TPSA) is 32.1 Å². The quantitative estimate of drug-likeness (QED) is 0.162. The van der Waals surface area contributed by atoms with Crippen LogP contribution < -0.4 is 36.0 Å². The van der Waals surface area contributed by atoms with Gasteiger partial charge in [0, 0.05) is 68.6 Å². The second-order valence-corrected chi connectivity index (χ2v) is 21.9. The Morgan fingerprint density at radius 3 is 1.62 bits per heavy atom. The third-order valence-electron chi connectivity index (χ3n) is 14.3. The molecule has 11 rings (SSSR count). The highest BCUT2D eigenvalue weighted by Crippen LogP contribution is 2.55. The zero-order valence-electron chi connectivity index (χ0n) is 38.8. The molecule has 7 aromatic rings. The molecule has 0 radical (unpaired) electrons. The fourth-order valence-corrected chi connectivity index (χ4v) is 10.8. The van der Waals surface area contributed by atoms with Crippen LogP contribution in [-0.4, -0.2) is 6.71 Å². The number of furan rings is 1. The van der Waals surface area contributed by atoms with E-state index in [4.69, 9.17) is 9.15 Å². The maximum Gasteiger partial charge on any atom is 0.297 e. The van der Waals surface area contributed by atoms with Gasteiger partial charge in [0.1, 0.15) is 17.3 Å². The minimum absolute atomic E-state index is 0.0370. The largest absolute Gasteiger partial charge is 0.472 e. The summed E-state index contributed by atoms with van der Waals surface area (Å²) >= 11 is 0. The Labute approximate surface area is 374 Å². The van der Waals surface area contributed by atoms with Gasteiger partial charge in [-0.2, -0.15) is 0 Å². The average Bonchev–Trinajstić information content (AvgIpc) is 3.65. The van der Waals surface area contributed by atoms with Crippen molar-refractivity contribution < 1.29 is 9.15 Å². The van der Waals surface area contributed by atoms with Crippen LogP contribution >= 0.6 is 0 Å². The number of anilines is 9. The molecule has 316 valence electrons. The first-order valence-corrected chi connectivity index (χ1v) is 22.8. The van der Waals surface area contributed by atoms with Gasteiger partial charge in [0.25, 0.3) is 6.71 Å². The van der Waals surface area contributed by atoms with Gasteiger partial charge in [-0.05, 0) is 136 Å². The van der Waals surface area contributed by atoms with Crippen LogP contribution in [-0.2, 0) is 21.7 Å². The summed E-state index contributed by atoms with van der Waals surface area (Å²) in [5.74, 6) is 2.71. The number of fused-ring (bicyclic) bond motifs is 12. The van der Waals surface area contributed by atoms with Crippen molar-refractivity contribution in [1.29, 1.82) is 0 Å². The molecule has 6 heteroatoms. The van der Waals surface area contributed by atoms with Crippen molar-refractivity contribution in [2.45, 2.75) is 111 Å². The molecule has 1 aliphatic carbocycles. The first-order valence-electron chi connectivity index (χ1n) is 22.8. The molecule has 6 bridgehead atoms. The molecular formula is C57H58BN3O2. The Balaban J connectivity index is 1.22. The first-order chi connectivity index (χ1) is 29.9. The summed E-state index contributed by atoms with van der Waals surface area (Å²) in [7, 11) is 0. The Bertz CT molecular complexity index is 2980. The van der Waals surface area contributed by atoms with Gasteiger partial charge in [0.15, 0.2) is 0 Å². The molecule has 6 aromatic carbocycles. The van der Waals surface area contributed by atoms with E-state index in [0.29, 0.717) is 0 Å². The monoisotopic (exact) mass is 827 g/mol. The van der Waals surface area contributed by atoms with Gasteiger partial charge >= 0.3 is 0 Å². The number of benzene rings is 6. The van der Waals surface area contributed by atoms with E-state index < -0.39 is 0 Å². The van der Waals surface area contributed by atoms with Crippen LogP contribution in [0.15, 0.2) is 132 Å². The molecule has 0 amide bonds. The van der Waals surface area contributed by atoms with Crippen LogP contribution in [0.1, 0.15) is 110 Å². The van der Waals surface area contributed by atoms with Crippen molar-refractivity contribution >= 4 is 74.5 Å². The van der Waals surface area contributed by atoms with Gasteiger partial charge in [0.2, 0.25) is 0 Å². The highest BCUT2D eigenvalue weighted by Gasteiger charge is 2.52. The number of ether oxygens (including phenoxy) is 1. The lowest BCUT2D eigenvalue weighted by molar-refractivity contribution is 0.282. The van der Waals surface area contributed by atoms with Crippen LogP contribution in [0, 0.1) is 6.92 Å². The molecule has 0 spiro atoms. The van der Waals surface area contributed by atoms with E-state index in [1.165, 1.54) is 44.6 Å². The molecule has 0 saturated heterocycles. The highest BCUT2D eigenvalue weighted by molar-refractivity contribution is 6.99. The van der Waals surface area contributed by atoms with Crippen LogP contribution in [0.5, 0.6) is 11.5 Å². The molecule has 0 saturated carbocycles. The van der Waals surface area contributed by atoms with E-state index in [2.05, 4.69) is 212 Å². The smallest absolute Gasteiger partial charge is 0.297 e. The summed E-state index contributed by atoms with van der Waals surface area (Å²) in [6.45, 7) is 25.4. The molecule has 3 aliphatic heterocycles. The Hall–Kier alpha value is -6.14. The van der Waals surface area contributed by atoms with Crippen molar-refractivity contribution in [3.63, 3.8) is 0 Å². The molecule has 0 fully saturated rings. The van der Waals surface area contributed by atoms with Crippen LogP contribution in [0.3, 0.4) is 0 Å².